The maximum Gasteiger partial charge on any atom is 0.231 e. The second-order valence-electron chi connectivity index (χ2n) is 6.37. The fourth-order valence-corrected chi connectivity index (χ4v) is 3.21. The Morgan fingerprint density at radius 3 is 2.76 bits per heavy atom. The van der Waals surface area contributed by atoms with Crippen molar-refractivity contribution in [2.75, 3.05) is 24.4 Å². The molecule has 2 atom stereocenters. The smallest absolute Gasteiger partial charge is 0.231 e. The second-order valence-corrected chi connectivity index (χ2v) is 6.37. The standard InChI is InChI=1S/C17H23N3O4.ClH/c1-3-4-10(2)20-8-11(5-16(20)21)17(22)19-13-7-15-14(6-12(13)18)23-9-24-15;/h6-7,10-11H,3-5,8-9,18H2,1-2H3,(H,19,22);1H. The van der Waals surface area contributed by atoms with Crippen molar-refractivity contribution in [1.29, 1.82) is 0 Å². The molecule has 2 unspecified atom stereocenters. The largest absolute Gasteiger partial charge is 0.454 e. The molecular formula is C17H24ClN3O4. The van der Waals surface area contributed by atoms with Crippen molar-refractivity contribution in [3.63, 3.8) is 0 Å². The van der Waals surface area contributed by atoms with Gasteiger partial charge in [-0.25, -0.2) is 0 Å². The monoisotopic (exact) mass is 369 g/mol. The van der Waals surface area contributed by atoms with Gasteiger partial charge in [0.25, 0.3) is 0 Å². The summed E-state index contributed by atoms with van der Waals surface area (Å²) in [4.78, 5) is 26.5. The zero-order valence-corrected chi connectivity index (χ0v) is 15.2. The minimum atomic E-state index is -0.360. The van der Waals surface area contributed by atoms with E-state index in [-0.39, 0.29) is 49.4 Å². The molecule has 1 aromatic rings. The normalized spacial score (nSPS) is 19.5. The first kappa shape index (κ1) is 19.2. The van der Waals surface area contributed by atoms with Crippen molar-refractivity contribution in [3.05, 3.63) is 12.1 Å². The van der Waals surface area contributed by atoms with E-state index in [0.29, 0.717) is 29.4 Å². The summed E-state index contributed by atoms with van der Waals surface area (Å²) in [6, 6.07) is 3.45. The van der Waals surface area contributed by atoms with Gasteiger partial charge in [-0.2, -0.15) is 0 Å². The van der Waals surface area contributed by atoms with Gasteiger partial charge < -0.3 is 25.4 Å². The number of rotatable bonds is 5. The minimum Gasteiger partial charge on any atom is -0.454 e. The average Bonchev–Trinajstić information content (AvgIpc) is 3.14. The molecule has 8 heteroatoms. The van der Waals surface area contributed by atoms with E-state index in [4.69, 9.17) is 15.2 Å². The Hall–Kier alpha value is -2.15. The van der Waals surface area contributed by atoms with Gasteiger partial charge in [0.15, 0.2) is 11.5 Å². The highest BCUT2D eigenvalue weighted by molar-refractivity contribution is 5.99. The first-order valence-corrected chi connectivity index (χ1v) is 8.29. The Bertz CT molecular complexity index is 668. The highest BCUT2D eigenvalue weighted by Gasteiger charge is 2.36. The Balaban J connectivity index is 0.00000225. The van der Waals surface area contributed by atoms with Gasteiger partial charge in [0.05, 0.1) is 17.3 Å². The Morgan fingerprint density at radius 1 is 1.40 bits per heavy atom. The summed E-state index contributed by atoms with van der Waals surface area (Å²) in [5.41, 5.74) is 6.85. The number of ether oxygens (including phenoxy) is 2. The number of anilines is 2. The van der Waals surface area contributed by atoms with Gasteiger partial charge in [0.1, 0.15) is 0 Å². The lowest BCUT2D eigenvalue weighted by Gasteiger charge is -2.24. The maximum atomic E-state index is 12.5. The number of carbonyl (C=O) groups excluding carboxylic acids is 2. The number of hydrogen-bond donors (Lipinski definition) is 2. The summed E-state index contributed by atoms with van der Waals surface area (Å²) in [6.07, 6.45) is 2.19. The number of fused-ring (bicyclic) bond motifs is 1. The highest BCUT2D eigenvalue weighted by atomic mass is 35.5. The molecule has 0 aliphatic carbocycles. The molecule has 2 aliphatic heterocycles. The van der Waals surface area contributed by atoms with Crippen LogP contribution in [-0.2, 0) is 9.59 Å². The van der Waals surface area contributed by atoms with Crippen LogP contribution >= 0.6 is 12.4 Å². The van der Waals surface area contributed by atoms with Gasteiger partial charge in [-0.1, -0.05) is 13.3 Å². The summed E-state index contributed by atoms with van der Waals surface area (Å²) in [6.45, 7) is 4.71. The number of hydrogen-bond acceptors (Lipinski definition) is 5. The topological polar surface area (TPSA) is 93.9 Å². The van der Waals surface area contributed by atoms with E-state index in [9.17, 15) is 9.59 Å². The predicted octanol–water partition coefficient (Wildman–Crippen LogP) is 2.39. The molecule has 0 aromatic heterocycles. The van der Waals surface area contributed by atoms with Crippen molar-refractivity contribution in [3.8, 4) is 11.5 Å². The van der Waals surface area contributed by atoms with Crippen LogP contribution in [0.25, 0.3) is 0 Å². The van der Waals surface area contributed by atoms with E-state index in [1.165, 1.54) is 0 Å². The molecule has 2 amide bonds. The summed E-state index contributed by atoms with van der Waals surface area (Å²) < 4.78 is 10.6. The van der Waals surface area contributed by atoms with Crippen LogP contribution < -0.4 is 20.5 Å². The van der Waals surface area contributed by atoms with Gasteiger partial charge in [0.2, 0.25) is 18.6 Å². The van der Waals surface area contributed by atoms with Crippen LogP contribution in [0.4, 0.5) is 11.4 Å². The molecule has 2 heterocycles. The third kappa shape index (κ3) is 3.92. The van der Waals surface area contributed by atoms with Crippen LogP contribution in [0.15, 0.2) is 12.1 Å². The molecule has 1 fully saturated rings. The number of nitrogens with one attached hydrogen (secondary N) is 1. The number of amides is 2. The third-order valence-electron chi connectivity index (χ3n) is 4.57. The molecule has 138 valence electrons. The van der Waals surface area contributed by atoms with Crippen molar-refractivity contribution in [2.24, 2.45) is 5.92 Å². The minimum absolute atomic E-state index is 0. The van der Waals surface area contributed by atoms with Crippen LogP contribution in [0.2, 0.25) is 0 Å². The van der Waals surface area contributed by atoms with Gasteiger partial charge in [-0.05, 0) is 13.3 Å². The fourth-order valence-electron chi connectivity index (χ4n) is 3.21. The van der Waals surface area contributed by atoms with Gasteiger partial charge in [-0.15, -0.1) is 12.4 Å². The first-order valence-electron chi connectivity index (χ1n) is 8.29. The molecule has 0 radical (unpaired) electrons. The fraction of sp³-hybridized carbons (Fsp3) is 0.529. The Kier molecular flexibility index (Phi) is 6.00. The summed E-state index contributed by atoms with van der Waals surface area (Å²) in [5.74, 6) is 0.609. The SMILES string of the molecule is CCCC(C)N1CC(C(=O)Nc2cc3c(cc2N)OCO3)CC1=O.Cl. The third-order valence-corrected chi connectivity index (χ3v) is 4.57. The Morgan fingerprint density at radius 2 is 2.08 bits per heavy atom. The Labute approximate surface area is 153 Å². The summed E-state index contributed by atoms with van der Waals surface area (Å²) in [5, 5.41) is 2.82. The molecule has 0 bridgehead atoms. The van der Waals surface area contributed by atoms with Crippen molar-refractivity contribution >= 4 is 35.6 Å². The summed E-state index contributed by atoms with van der Waals surface area (Å²) in [7, 11) is 0. The molecule has 3 rings (SSSR count). The van der Waals surface area contributed by atoms with Crippen LogP contribution in [0.1, 0.15) is 33.1 Å². The molecule has 1 aromatic carbocycles. The molecule has 3 N–H and O–H groups in total. The molecule has 0 spiro atoms. The van der Waals surface area contributed by atoms with Crippen molar-refractivity contribution < 1.29 is 19.1 Å². The molecule has 0 saturated carbocycles. The number of nitrogen functional groups attached to an aromatic ring is 1. The summed E-state index contributed by atoms with van der Waals surface area (Å²) >= 11 is 0. The number of carbonyl (C=O) groups is 2. The van der Waals surface area contributed by atoms with E-state index in [1.54, 1.807) is 17.0 Å². The predicted molar refractivity (Wildman–Crippen MR) is 97.0 cm³/mol. The van der Waals surface area contributed by atoms with Crippen LogP contribution in [0.3, 0.4) is 0 Å². The number of benzene rings is 1. The number of nitrogens with zero attached hydrogens (tertiary/aromatic N) is 1. The number of halogens is 1. The number of nitrogens with two attached hydrogens (primary N) is 1. The number of likely N-dealkylation sites (tertiary alicyclic amines) is 1. The van der Waals surface area contributed by atoms with E-state index in [0.717, 1.165) is 12.8 Å². The van der Waals surface area contributed by atoms with E-state index < -0.39 is 0 Å². The zero-order valence-electron chi connectivity index (χ0n) is 14.4. The molecular weight excluding hydrogens is 346 g/mol. The van der Waals surface area contributed by atoms with Gasteiger partial charge >= 0.3 is 0 Å². The van der Waals surface area contributed by atoms with Crippen molar-refractivity contribution in [2.45, 2.75) is 39.2 Å². The molecule has 2 aliphatic rings. The first-order chi connectivity index (χ1) is 11.5. The zero-order chi connectivity index (χ0) is 17.3. The van der Waals surface area contributed by atoms with E-state index >= 15 is 0 Å². The van der Waals surface area contributed by atoms with Crippen LogP contribution in [0.5, 0.6) is 11.5 Å². The van der Waals surface area contributed by atoms with Gasteiger partial charge in [-0.3, -0.25) is 9.59 Å². The lowest BCUT2D eigenvalue weighted by Crippen LogP contribution is -2.35. The lowest BCUT2D eigenvalue weighted by atomic mass is 10.1. The second kappa shape index (κ2) is 7.82. The van der Waals surface area contributed by atoms with Gasteiger partial charge in [0, 0.05) is 31.1 Å². The average molecular weight is 370 g/mol. The molecule has 25 heavy (non-hydrogen) atoms. The van der Waals surface area contributed by atoms with E-state index in [1.807, 2.05) is 6.92 Å². The van der Waals surface area contributed by atoms with Crippen molar-refractivity contribution in [1.82, 2.24) is 4.90 Å². The highest BCUT2D eigenvalue weighted by Crippen LogP contribution is 2.38. The van der Waals surface area contributed by atoms with Crippen LogP contribution in [-0.4, -0.2) is 36.1 Å². The molecule has 1 saturated heterocycles. The maximum absolute atomic E-state index is 12.5. The van der Waals surface area contributed by atoms with E-state index in [2.05, 4.69) is 12.2 Å². The quantitative estimate of drug-likeness (QED) is 0.777. The van der Waals surface area contributed by atoms with Crippen LogP contribution in [0, 0.1) is 5.92 Å². The lowest BCUT2D eigenvalue weighted by molar-refractivity contribution is -0.129. The molecule has 7 nitrogen and oxygen atoms in total.